The lowest BCUT2D eigenvalue weighted by Crippen LogP contribution is -1.93. The zero-order valence-corrected chi connectivity index (χ0v) is 8.17. The molecule has 0 radical (unpaired) electrons. The number of hydrogen-bond donors (Lipinski definition) is 0. The van der Waals surface area contributed by atoms with Gasteiger partial charge in [-0.05, 0) is 15.9 Å². The van der Waals surface area contributed by atoms with E-state index in [0.29, 0.717) is 0 Å². The van der Waals surface area contributed by atoms with Crippen molar-refractivity contribution in [2.75, 3.05) is 13.7 Å². The molecule has 1 aromatic heterocycles. The third kappa shape index (κ3) is 1.32. The molecule has 0 bridgehead atoms. The first kappa shape index (κ1) is 8.01. The molecule has 1 aromatic rings. The van der Waals surface area contributed by atoms with Crippen molar-refractivity contribution in [2.45, 2.75) is 6.10 Å². The van der Waals surface area contributed by atoms with Crippen LogP contribution in [0, 0.1) is 0 Å². The van der Waals surface area contributed by atoms with Crippen molar-refractivity contribution in [1.82, 2.24) is 4.98 Å². The summed E-state index contributed by atoms with van der Waals surface area (Å²) in [6, 6.07) is 0. The molecule has 0 saturated carbocycles. The van der Waals surface area contributed by atoms with Crippen molar-refractivity contribution in [3.63, 3.8) is 0 Å². The molecule has 3 nitrogen and oxygen atoms in total. The standard InChI is InChI=1S/C8H8BrNO2/c1-11-6-3-10-2-5(9)8(6)7-4-12-7/h2-3,7H,4H2,1H3/t7-/m0/s1. The minimum Gasteiger partial charge on any atom is -0.495 e. The third-order valence-corrected chi connectivity index (χ3v) is 2.41. The van der Waals surface area contributed by atoms with Crippen molar-refractivity contribution in [2.24, 2.45) is 0 Å². The average Bonchev–Trinajstić information content (AvgIpc) is 2.87. The average molecular weight is 230 g/mol. The van der Waals surface area contributed by atoms with Gasteiger partial charge in [0.1, 0.15) is 11.9 Å². The van der Waals surface area contributed by atoms with Crippen LogP contribution in [0.4, 0.5) is 0 Å². The lowest BCUT2D eigenvalue weighted by molar-refractivity contribution is 0.381. The molecule has 0 spiro atoms. The van der Waals surface area contributed by atoms with E-state index in [-0.39, 0.29) is 6.10 Å². The second-order valence-electron chi connectivity index (χ2n) is 2.56. The Kier molecular flexibility index (Phi) is 2.02. The van der Waals surface area contributed by atoms with E-state index in [4.69, 9.17) is 9.47 Å². The number of nitrogens with zero attached hydrogens (tertiary/aromatic N) is 1. The summed E-state index contributed by atoms with van der Waals surface area (Å²) < 4.78 is 11.3. The van der Waals surface area contributed by atoms with Gasteiger partial charge in [0.15, 0.2) is 0 Å². The summed E-state index contributed by atoms with van der Waals surface area (Å²) >= 11 is 3.41. The quantitative estimate of drug-likeness (QED) is 0.728. The molecule has 1 saturated heterocycles. The fourth-order valence-corrected chi connectivity index (χ4v) is 1.69. The van der Waals surface area contributed by atoms with Crippen LogP contribution in [0.1, 0.15) is 11.7 Å². The van der Waals surface area contributed by atoms with E-state index < -0.39 is 0 Å². The van der Waals surface area contributed by atoms with Crippen LogP contribution >= 0.6 is 15.9 Å². The Bertz CT molecular complexity index is 299. The Balaban J connectivity index is 2.45. The van der Waals surface area contributed by atoms with Crippen molar-refractivity contribution in [1.29, 1.82) is 0 Å². The van der Waals surface area contributed by atoms with Gasteiger partial charge in [0.05, 0.1) is 19.9 Å². The molecule has 64 valence electrons. The van der Waals surface area contributed by atoms with Crippen molar-refractivity contribution in [3.8, 4) is 5.75 Å². The maximum absolute atomic E-state index is 5.18. The van der Waals surface area contributed by atoms with Crippen molar-refractivity contribution < 1.29 is 9.47 Å². The highest BCUT2D eigenvalue weighted by atomic mass is 79.9. The predicted octanol–water partition coefficient (Wildman–Crippen LogP) is 1.92. The first-order chi connectivity index (χ1) is 5.83. The fourth-order valence-electron chi connectivity index (χ4n) is 1.12. The van der Waals surface area contributed by atoms with Crippen LogP contribution in [-0.4, -0.2) is 18.7 Å². The van der Waals surface area contributed by atoms with Gasteiger partial charge in [0.2, 0.25) is 0 Å². The van der Waals surface area contributed by atoms with Crippen LogP contribution in [0.15, 0.2) is 16.9 Å². The third-order valence-electron chi connectivity index (χ3n) is 1.78. The minimum absolute atomic E-state index is 0.192. The van der Waals surface area contributed by atoms with Crippen molar-refractivity contribution in [3.05, 3.63) is 22.4 Å². The SMILES string of the molecule is COc1cncc(Br)c1[C@@H]1CO1. The summed E-state index contributed by atoms with van der Waals surface area (Å²) in [5.41, 5.74) is 1.06. The van der Waals surface area contributed by atoms with Crippen LogP contribution in [0.2, 0.25) is 0 Å². The van der Waals surface area contributed by atoms with Crippen LogP contribution in [0.25, 0.3) is 0 Å². The highest BCUT2D eigenvalue weighted by molar-refractivity contribution is 9.10. The zero-order chi connectivity index (χ0) is 8.55. The van der Waals surface area contributed by atoms with Gasteiger partial charge < -0.3 is 9.47 Å². The molecule has 0 aliphatic carbocycles. The molecule has 1 atom stereocenters. The van der Waals surface area contributed by atoms with Gasteiger partial charge in [-0.2, -0.15) is 0 Å². The molecule has 0 unspecified atom stereocenters. The van der Waals surface area contributed by atoms with Gasteiger partial charge in [-0.3, -0.25) is 4.98 Å². The maximum Gasteiger partial charge on any atom is 0.144 e. The zero-order valence-electron chi connectivity index (χ0n) is 6.58. The Labute approximate surface area is 78.8 Å². The van der Waals surface area contributed by atoms with Crippen LogP contribution in [-0.2, 0) is 4.74 Å². The van der Waals surface area contributed by atoms with Gasteiger partial charge in [-0.1, -0.05) is 0 Å². The minimum atomic E-state index is 0.192. The first-order valence-electron chi connectivity index (χ1n) is 3.62. The summed E-state index contributed by atoms with van der Waals surface area (Å²) in [5.74, 6) is 0.784. The normalized spacial score (nSPS) is 20.7. The van der Waals surface area contributed by atoms with Gasteiger partial charge in [0.25, 0.3) is 0 Å². The number of ether oxygens (including phenoxy) is 2. The Morgan fingerprint density at radius 2 is 2.42 bits per heavy atom. The molecule has 4 heteroatoms. The highest BCUT2D eigenvalue weighted by Crippen LogP contribution is 2.40. The summed E-state index contributed by atoms with van der Waals surface area (Å²) in [4.78, 5) is 4.00. The number of hydrogen-bond acceptors (Lipinski definition) is 3. The number of halogens is 1. The van der Waals surface area contributed by atoms with E-state index in [0.717, 1.165) is 22.4 Å². The van der Waals surface area contributed by atoms with Crippen molar-refractivity contribution >= 4 is 15.9 Å². The molecular weight excluding hydrogens is 222 g/mol. The molecule has 1 aliphatic rings. The molecule has 12 heavy (non-hydrogen) atoms. The molecule has 0 aromatic carbocycles. The van der Waals surface area contributed by atoms with E-state index in [1.807, 2.05) is 0 Å². The predicted molar refractivity (Wildman–Crippen MR) is 47.2 cm³/mol. The summed E-state index contributed by atoms with van der Waals surface area (Å²) in [6.07, 6.45) is 3.64. The summed E-state index contributed by atoms with van der Waals surface area (Å²) in [6.45, 7) is 0.777. The second kappa shape index (κ2) is 3.03. The van der Waals surface area contributed by atoms with E-state index >= 15 is 0 Å². The van der Waals surface area contributed by atoms with E-state index in [1.54, 1.807) is 19.5 Å². The van der Waals surface area contributed by atoms with E-state index in [1.165, 1.54) is 0 Å². The molecule has 1 fully saturated rings. The van der Waals surface area contributed by atoms with Crippen LogP contribution in [0.5, 0.6) is 5.75 Å². The molecule has 2 rings (SSSR count). The summed E-state index contributed by atoms with van der Waals surface area (Å²) in [7, 11) is 1.63. The number of aromatic nitrogens is 1. The summed E-state index contributed by atoms with van der Waals surface area (Å²) in [5, 5.41) is 0. The van der Waals surface area contributed by atoms with Crippen LogP contribution < -0.4 is 4.74 Å². The van der Waals surface area contributed by atoms with Gasteiger partial charge in [-0.25, -0.2) is 0 Å². The van der Waals surface area contributed by atoms with Gasteiger partial charge >= 0.3 is 0 Å². The first-order valence-corrected chi connectivity index (χ1v) is 4.41. The Hall–Kier alpha value is -0.610. The molecular formula is C8H8BrNO2. The molecule has 0 amide bonds. The number of rotatable bonds is 2. The smallest absolute Gasteiger partial charge is 0.144 e. The van der Waals surface area contributed by atoms with Gasteiger partial charge in [-0.15, -0.1) is 0 Å². The monoisotopic (exact) mass is 229 g/mol. The highest BCUT2D eigenvalue weighted by Gasteiger charge is 2.30. The largest absolute Gasteiger partial charge is 0.495 e. The molecule has 0 N–H and O–H groups in total. The van der Waals surface area contributed by atoms with E-state index in [9.17, 15) is 0 Å². The van der Waals surface area contributed by atoms with E-state index in [2.05, 4.69) is 20.9 Å². The topological polar surface area (TPSA) is 34.6 Å². The Morgan fingerprint density at radius 1 is 1.67 bits per heavy atom. The molecule has 2 heterocycles. The number of pyridine rings is 1. The lowest BCUT2D eigenvalue weighted by atomic mass is 10.2. The van der Waals surface area contributed by atoms with Gasteiger partial charge in [0, 0.05) is 16.2 Å². The fraction of sp³-hybridized carbons (Fsp3) is 0.375. The Morgan fingerprint density at radius 3 is 3.00 bits per heavy atom. The molecule has 1 aliphatic heterocycles. The lowest BCUT2D eigenvalue weighted by Gasteiger charge is -2.06. The second-order valence-corrected chi connectivity index (χ2v) is 3.41. The number of methoxy groups -OCH3 is 1. The van der Waals surface area contributed by atoms with Crippen LogP contribution in [0.3, 0.4) is 0 Å². The number of epoxide rings is 1. The maximum atomic E-state index is 5.18.